The summed E-state index contributed by atoms with van der Waals surface area (Å²) in [5.74, 6) is -6.73. The Kier molecular flexibility index (Phi) is 5.39. The lowest BCUT2D eigenvalue weighted by Crippen LogP contribution is -2.44. The third-order valence-electron chi connectivity index (χ3n) is 1.94. The largest absolute Gasteiger partial charge is 0.505 e. The number of aliphatic carboxylic acids is 4. The second-order valence-electron chi connectivity index (χ2n) is 3.28. The van der Waals surface area contributed by atoms with Gasteiger partial charge in [-0.2, -0.15) is 0 Å². The summed E-state index contributed by atoms with van der Waals surface area (Å²) in [6.45, 7) is 0. The van der Waals surface area contributed by atoms with E-state index in [0.29, 0.717) is 0 Å². The van der Waals surface area contributed by atoms with Crippen molar-refractivity contribution >= 4 is 23.9 Å². The Morgan fingerprint density at radius 2 is 1.11 bits per heavy atom. The van der Waals surface area contributed by atoms with E-state index in [1.165, 1.54) is 0 Å². The quantitative estimate of drug-likeness (QED) is 0.314. The van der Waals surface area contributed by atoms with Gasteiger partial charge in [0.05, 0.1) is 0 Å². The Bertz CT molecular complexity index is 368. The van der Waals surface area contributed by atoms with E-state index in [1.54, 1.807) is 0 Å². The molecule has 0 aliphatic rings. The lowest BCUT2D eigenvalue weighted by Gasteiger charge is -2.18. The van der Waals surface area contributed by atoms with E-state index in [9.17, 15) is 24.7 Å². The van der Waals surface area contributed by atoms with Gasteiger partial charge in [0.25, 0.3) is 0 Å². The molecule has 10 heteroatoms. The first-order chi connectivity index (χ1) is 8.16. The van der Waals surface area contributed by atoms with E-state index in [4.69, 9.17) is 20.4 Å². The van der Waals surface area contributed by atoms with Gasteiger partial charge in [0, 0.05) is 0 Å². The molecule has 0 saturated heterocycles. The summed E-state index contributed by atoms with van der Waals surface area (Å²) >= 11 is 0. The van der Waals surface area contributed by atoms with E-state index < -0.39 is 48.8 Å². The summed E-state index contributed by atoms with van der Waals surface area (Å²) in [4.78, 5) is 42.1. The Morgan fingerprint density at radius 1 is 0.833 bits per heavy atom. The van der Waals surface area contributed by atoms with Gasteiger partial charge in [-0.05, 0) is 0 Å². The highest BCUT2D eigenvalue weighted by atomic mass is 16.4. The van der Waals surface area contributed by atoms with Crippen molar-refractivity contribution in [2.75, 3.05) is 0 Å². The van der Waals surface area contributed by atoms with Crippen LogP contribution in [0, 0.1) is 0 Å². The zero-order valence-corrected chi connectivity index (χ0v) is 8.89. The summed E-state index contributed by atoms with van der Waals surface area (Å²) in [5.41, 5.74) is 9.35. The first kappa shape index (κ1) is 15.5. The van der Waals surface area contributed by atoms with E-state index in [0.717, 1.165) is 0 Å². The lowest BCUT2D eigenvalue weighted by molar-refractivity contribution is -0.597. The van der Waals surface area contributed by atoms with Crippen LogP contribution in [-0.2, 0) is 19.2 Å². The molecule has 0 aliphatic heterocycles. The second kappa shape index (κ2) is 6.27. The van der Waals surface area contributed by atoms with Crippen LogP contribution in [0.3, 0.4) is 0 Å². The van der Waals surface area contributed by atoms with Crippen LogP contribution in [0.5, 0.6) is 0 Å². The van der Waals surface area contributed by atoms with Crippen LogP contribution in [0.25, 0.3) is 5.53 Å². The molecule has 0 bridgehead atoms. The number of carboxylic acids is 4. The van der Waals surface area contributed by atoms with Crippen molar-refractivity contribution in [3.8, 4) is 0 Å². The third-order valence-corrected chi connectivity index (χ3v) is 1.94. The highest BCUT2D eigenvalue weighted by molar-refractivity contribution is 5.81. The van der Waals surface area contributed by atoms with E-state index in [-0.39, 0.29) is 4.70 Å². The van der Waals surface area contributed by atoms with Crippen molar-refractivity contribution in [3.63, 3.8) is 0 Å². The van der Waals surface area contributed by atoms with Gasteiger partial charge in [0.1, 0.15) is 12.8 Å². The number of hydrogen-bond acceptors (Lipinski definition) is 4. The first-order valence-corrected chi connectivity index (χ1v) is 4.53. The van der Waals surface area contributed by atoms with E-state index >= 15 is 0 Å². The Morgan fingerprint density at radius 3 is 1.28 bits per heavy atom. The van der Waals surface area contributed by atoms with E-state index in [2.05, 4.69) is 0 Å². The van der Waals surface area contributed by atoms with Crippen LogP contribution in [0.4, 0.5) is 0 Å². The fourth-order valence-electron chi connectivity index (χ4n) is 1.14. The molecule has 10 nitrogen and oxygen atoms in total. The summed E-state index contributed by atoms with van der Waals surface area (Å²) in [7, 11) is 0. The van der Waals surface area contributed by atoms with Crippen LogP contribution in [0.15, 0.2) is 0 Å². The number of carboxylic acid groups (broad SMARTS) is 4. The van der Waals surface area contributed by atoms with Gasteiger partial charge in [-0.3, -0.25) is 14.3 Å². The average molecular weight is 262 g/mol. The smallest absolute Gasteiger partial charge is 0.372 e. The second-order valence-corrected chi connectivity index (χ2v) is 3.28. The topological polar surface area (TPSA) is 175 Å². The number of hydrogen-bond donors (Lipinski definition) is 4. The normalized spacial score (nSPS) is 13.3. The van der Waals surface area contributed by atoms with Gasteiger partial charge >= 0.3 is 23.9 Å². The summed E-state index contributed by atoms with van der Waals surface area (Å²) in [6.07, 6.45) is -2.15. The molecule has 4 N–H and O–H groups in total. The molecule has 0 rings (SSSR count). The zero-order chi connectivity index (χ0) is 14.5. The number of rotatable bonds is 8. The van der Waals surface area contributed by atoms with Crippen molar-refractivity contribution in [3.05, 3.63) is 5.53 Å². The maximum absolute atomic E-state index is 10.7. The van der Waals surface area contributed by atoms with Gasteiger partial charge in [-0.15, -0.1) is 0 Å². The maximum Gasteiger partial charge on any atom is 0.372 e. The van der Waals surface area contributed by atoms with Crippen molar-refractivity contribution < 1.29 is 44.3 Å². The minimum atomic E-state index is -2.05. The monoisotopic (exact) mass is 262 g/mol. The predicted molar refractivity (Wildman–Crippen MR) is 51.0 cm³/mol. The molecule has 0 aliphatic carbocycles. The van der Waals surface area contributed by atoms with Gasteiger partial charge in [0.15, 0.2) is 0 Å². The molecular weight excluding hydrogens is 252 g/mol. The number of nitrogens with zero attached hydrogens (tertiary/aromatic N) is 2. The molecule has 0 heterocycles. The average Bonchev–Trinajstić information content (AvgIpc) is 2.20. The molecule has 0 aromatic carbocycles. The fraction of sp³-hybridized carbons (Fsp3) is 0.500. The van der Waals surface area contributed by atoms with E-state index in [1.807, 2.05) is 0 Å². The van der Waals surface area contributed by atoms with Crippen LogP contribution < -0.4 is 0 Å². The fourth-order valence-corrected chi connectivity index (χ4v) is 1.14. The molecular formula is C8H10N2O8. The van der Waals surface area contributed by atoms with Crippen molar-refractivity contribution in [1.82, 2.24) is 0 Å². The Balaban J connectivity index is 5.12. The molecule has 0 fully saturated rings. The van der Waals surface area contributed by atoms with Crippen molar-refractivity contribution in [2.45, 2.75) is 24.9 Å². The molecule has 0 aromatic heterocycles. The third kappa shape index (κ3) is 4.55. The molecule has 18 heavy (non-hydrogen) atoms. The standard InChI is InChI=1S/C8H10N2O8/c9-10(3(7(15)16)1-5(11)12)4(8(17)18)2-6(13)14/h3-4H,1-2H2,(H,11,12)(H,13,14)(H,15,16)(H,17,18). The van der Waals surface area contributed by atoms with Gasteiger partial charge in [0.2, 0.25) is 12.1 Å². The van der Waals surface area contributed by atoms with Crippen LogP contribution in [0.2, 0.25) is 0 Å². The highest BCUT2D eigenvalue weighted by Gasteiger charge is 2.38. The molecule has 0 radical (unpaired) electrons. The zero-order valence-electron chi connectivity index (χ0n) is 8.89. The molecule has 100 valence electrons. The maximum atomic E-state index is 10.7. The predicted octanol–water partition coefficient (Wildman–Crippen LogP) is -1.12. The molecule has 2 atom stereocenters. The van der Waals surface area contributed by atoms with Gasteiger partial charge in [-0.1, -0.05) is 0 Å². The summed E-state index contributed by atoms with van der Waals surface area (Å²) in [6, 6.07) is -4.11. The van der Waals surface area contributed by atoms with Crippen LogP contribution >= 0.6 is 0 Å². The lowest BCUT2D eigenvalue weighted by atomic mass is 10.1. The van der Waals surface area contributed by atoms with Crippen molar-refractivity contribution in [2.24, 2.45) is 0 Å². The minimum Gasteiger partial charge on any atom is -0.505 e. The summed E-state index contributed by atoms with van der Waals surface area (Å²) < 4.78 is -0.285. The first-order valence-electron chi connectivity index (χ1n) is 4.53. The van der Waals surface area contributed by atoms with Crippen molar-refractivity contribution in [1.29, 1.82) is 0 Å². The van der Waals surface area contributed by atoms with Gasteiger partial charge in [-0.25, -0.2) is 9.59 Å². The van der Waals surface area contributed by atoms with Crippen LogP contribution in [-0.4, -0.2) is 61.1 Å². The molecule has 0 spiro atoms. The molecule has 2 unspecified atom stereocenters. The molecule has 0 aromatic rings. The molecule has 0 amide bonds. The highest BCUT2D eigenvalue weighted by Crippen LogP contribution is 2.08. The van der Waals surface area contributed by atoms with Crippen LogP contribution in [0.1, 0.15) is 12.8 Å². The minimum absolute atomic E-state index is 0.285. The SMILES string of the molecule is [N-]=[N+](C(CC(=O)O)C(=O)O)C(CC(=O)O)C(=O)O. The summed E-state index contributed by atoms with van der Waals surface area (Å²) in [5, 5.41) is 34.1. The Hall–Kier alpha value is -2.52. The number of carbonyl (C=O) groups is 4. The Labute approximate surface area is 99.6 Å². The van der Waals surface area contributed by atoms with Gasteiger partial charge < -0.3 is 26.0 Å². The molecule has 0 saturated carbocycles.